The molecule has 0 unspecified atom stereocenters. The Morgan fingerprint density at radius 3 is 2.00 bits per heavy atom. The fourth-order valence-corrected chi connectivity index (χ4v) is 3.29. The van der Waals surface area contributed by atoms with Crippen molar-refractivity contribution in [2.24, 2.45) is 0 Å². The molecule has 0 aliphatic heterocycles. The molecule has 3 rings (SSSR count). The van der Waals surface area contributed by atoms with Gasteiger partial charge in [-0.1, -0.05) is 78.9 Å². The average Bonchev–Trinajstić information content (AvgIpc) is 2.75. The van der Waals surface area contributed by atoms with Crippen molar-refractivity contribution < 1.29 is 14.6 Å². The first-order valence-electron chi connectivity index (χ1n) is 9.46. The van der Waals surface area contributed by atoms with Crippen molar-refractivity contribution in [3.8, 4) is 0 Å². The zero-order chi connectivity index (χ0) is 19.8. The zero-order valence-electron chi connectivity index (χ0n) is 15.9. The van der Waals surface area contributed by atoms with E-state index in [2.05, 4.69) is 0 Å². The topological polar surface area (TPSA) is 49.8 Å². The molecule has 0 radical (unpaired) electrons. The van der Waals surface area contributed by atoms with Gasteiger partial charge in [-0.15, -0.1) is 0 Å². The van der Waals surface area contributed by atoms with E-state index < -0.39 is 18.1 Å². The molecule has 0 fully saturated rings. The van der Waals surface area contributed by atoms with E-state index in [9.17, 15) is 9.90 Å². The van der Waals surface area contributed by atoms with Crippen LogP contribution in [0.2, 0.25) is 0 Å². The van der Waals surface area contributed by atoms with Gasteiger partial charge in [0.2, 0.25) is 0 Å². The van der Waals surface area contributed by atoms with Gasteiger partial charge >= 0.3 is 5.97 Å². The van der Waals surface area contributed by atoms with Crippen molar-refractivity contribution in [3.63, 3.8) is 0 Å². The van der Waals surface area contributed by atoms with Crippen molar-refractivity contribution in [3.05, 3.63) is 102 Å². The van der Waals surface area contributed by atoms with E-state index in [1.165, 1.54) is 0 Å². The lowest BCUT2D eigenvalue weighted by Gasteiger charge is -2.36. The second-order valence-electron chi connectivity index (χ2n) is 6.50. The molecule has 28 heavy (non-hydrogen) atoms. The number of benzene rings is 3. The molecule has 3 aromatic carbocycles. The first kappa shape index (κ1) is 19.6. The highest BCUT2D eigenvalue weighted by Crippen LogP contribution is 2.32. The molecule has 0 heterocycles. The van der Waals surface area contributed by atoms with E-state index in [-0.39, 0.29) is 6.61 Å². The maximum atomic E-state index is 12.4. The van der Waals surface area contributed by atoms with E-state index in [1.807, 2.05) is 95.9 Å². The quantitative estimate of drug-likeness (QED) is 0.595. The van der Waals surface area contributed by atoms with Crippen molar-refractivity contribution in [2.45, 2.75) is 25.6 Å². The summed E-state index contributed by atoms with van der Waals surface area (Å²) in [5, 5.41) is 11.0. The lowest BCUT2D eigenvalue weighted by molar-refractivity contribution is -0.154. The molecule has 4 heteroatoms. The van der Waals surface area contributed by atoms with Crippen LogP contribution in [0.3, 0.4) is 0 Å². The molecule has 0 bridgehead atoms. The van der Waals surface area contributed by atoms with Crippen LogP contribution in [0.1, 0.15) is 24.1 Å². The maximum absolute atomic E-state index is 12.4. The van der Waals surface area contributed by atoms with E-state index in [1.54, 1.807) is 6.92 Å². The number of rotatable bonds is 8. The molecule has 2 atom stereocenters. The number of hydrogen-bond acceptors (Lipinski definition) is 4. The van der Waals surface area contributed by atoms with Crippen molar-refractivity contribution in [1.29, 1.82) is 0 Å². The molecule has 0 aromatic heterocycles. The SMILES string of the molecule is CCOC(=O)[C@@H](O)[C@H](c1ccccc1)N(Cc1ccccc1)c1ccccc1. The molecule has 0 saturated heterocycles. The Labute approximate surface area is 166 Å². The van der Waals surface area contributed by atoms with Crippen LogP contribution in [0, 0.1) is 0 Å². The Morgan fingerprint density at radius 1 is 0.893 bits per heavy atom. The molecular weight excluding hydrogens is 350 g/mol. The fraction of sp³-hybridized carbons (Fsp3) is 0.208. The fourth-order valence-electron chi connectivity index (χ4n) is 3.29. The Bertz CT molecular complexity index is 853. The van der Waals surface area contributed by atoms with Gasteiger partial charge in [-0.05, 0) is 30.2 Å². The summed E-state index contributed by atoms with van der Waals surface area (Å²) in [7, 11) is 0. The number of carbonyl (C=O) groups excluding carboxylic acids is 1. The van der Waals surface area contributed by atoms with Gasteiger partial charge in [0.1, 0.15) is 0 Å². The molecule has 1 N–H and O–H groups in total. The standard InChI is InChI=1S/C24H25NO3/c1-2-28-24(27)23(26)22(20-14-8-4-9-15-20)25(21-16-10-5-11-17-21)18-19-12-6-3-7-13-19/h3-17,22-23,26H,2,18H2,1H3/t22-,23-/m0/s1. The monoisotopic (exact) mass is 375 g/mol. The van der Waals surface area contributed by atoms with Crippen LogP contribution < -0.4 is 4.90 Å². The summed E-state index contributed by atoms with van der Waals surface area (Å²) in [6.45, 7) is 2.50. The van der Waals surface area contributed by atoms with Crippen LogP contribution in [0.5, 0.6) is 0 Å². The summed E-state index contributed by atoms with van der Waals surface area (Å²) in [4.78, 5) is 14.5. The van der Waals surface area contributed by atoms with E-state index in [0.717, 1.165) is 16.8 Å². The third kappa shape index (κ3) is 4.78. The third-order valence-corrected chi connectivity index (χ3v) is 4.59. The predicted octanol–water partition coefficient (Wildman–Crippen LogP) is 4.36. The number of ether oxygens (including phenoxy) is 1. The summed E-state index contributed by atoms with van der Waals surface area (Å²) >= 11 is 0. The van der Waals surface area contributed by atoms with Crippen molar-refractivity contribution in [2.75, 3.05) is 11.5 Å². The molecular formula is C24H25NO3. The summed E-state index contributed by atoms with van der Waals surface area (Å²) in [6, 6.07) is 28.8. The minimum Gasteiger partial charge on any atom is -0.464 e. The van der Waals surface area contributed by atoms with E-state index >= 15 is 0 Å². The van der Waals surface area contributed by atoms with Crippen LogP contribution in [-0.4, -0.2) is 23.8 Å². The van der Waals surface area contributed by atoms with Gasteiger partial charge in [0.15, 0.2) is 6.10 Å². The lowest BCUT2D eigenvalue weighted by Crippen LogP contribution is -2.41. The molecule has 0 amide bonds. The van der Waals surface area contributed by atoms with Gasteiger partial charge in [-0.2, -0.15) is 0 Å². The molecule has 0 aliphatic carbocycles. The molecule has 3 aromatic rings. The van der Waals surface area contributed by atoms with Gasteiger partial charge in [0.25, 0.3) is 0 Å². The van der Waals surface area contributed by atoms with Crippen LogP contribution in [0.25, 0.3) is 0 Å². The van der Waals surface area contributed by atoms with Crippen LogP contribution in [0.4, 0.5) is 5.69 Å². The summed E-state index contributed by atoms with van der Waals surface area (Å²) < 4.78 is 5.13. The summed E-state index contributed by atoms with van der Waals surface area (Å²) in [5.41, 5.74) is 2.86. The first-order valence-corrected chi connectivity index (χ1v) is 9.46. The number of aliphatic hydroxyl groups excluding tert-OH is 1. The molecule has 144 valence electrons. The summed E-state index contributed by atoms with van der Waals surface area (Å²) in [5.74, 6) is -0.620. The smallest absolute Gasteiger partial charge is 0.337 e. The highest BCUT2D eigenvalue weighted by atomic mass is 16.5. The number of nitrogens with zero attached hydrogens (tertiary/aromatic N) is 1. The van der Waals surface area contributed by atoms with Gasteiger partial charge < -0.3 is 14.7 Å². The van der Waals surface area contributed by atoms with E-state index in [4.69, 9.17) is 4.74 Å². The lowest BCUT2D eigenvalue weighted by atomic mass is 9.97. The molecule has 0 aliphatic rings. The highest BCUT2D eigenvalue weighted by molar-refractivity contribution is 5.76. The second kappa shape index (κ2) is 9.72. The van der Waals surface area contributed by atoms with Gasteiger partial charge in [-0.25, -0.2) is 4.79 Å². The number of para-hydroxylation sites is 1. The Morgan fingerprint density at radius 2 is 1.43 bits per heavy atom. The number of aliphatic hydroxyl groups is 1. The average molecular weight is 375 g/mol. The minimum atomic E-state index is -1.31. The number of anilines is 1. The predicted molar refractivity (Wildman–Crippen MR) is 111 cm³/mol. The second-order valence-corrected chi connectivity index (χ2v) is 6.50. The van der Waals surface area contributed by atoms with Crippen LogP contribution in [-0.2, 0) is 16.1 Å². The summed E-state index contributed by atoms with van der Waals surface area (Å²) in [6.07, 6.45) is -1.31. The van der Waals surface area contributed by atoms with Crippen LogP contribution in [0.15, 0.2) is 91.0 Å². The van der Waals surface area contributed by atoms with E-state index in [0.29, 0.717) is 6.54 Å². The highest BCUT2D eigenvalue weighted by Gasteiger charge is 2.34. The largest absolute Gasteiger partial charge is 0.464 e. The minimum absolute atomic E-state index is 0.224. The maximum Gasteiger partial charge on any atom is 0.337 e. The first-order chi connectivity index (χ1) is 13.7. The normalized spacial score (nSPS) is 12.8. The third-order valence-electron chi connectivity index (χ3n) is 4.59. The van der Waals surface area contributed by atoms with Crippen LogP contribution >= 0.6 is 0 Å². The Balaban J connectivity index is 2.06. The Kier molecular flexibility index (Phi) is 6.82. The Hall–Kier alpha value is -3.11. The van der Waals surface area contributed by atoms with Crippen molar-refractivity contribution >= 4 is 11.7 Å². The van der Waals surface area contributed by atoms with Gasteiger partial charge in [0.05, 0.1) is 12.6 Å². The molecule has 4 nitrogen and oxygen atoms in total. The number of esters is 1. The molecule has 0 saturated carbocycles. The number of hydrogen-bond donors (Lipinski definition) is 1. The van der Waals surface area contributed by atoms with Gasteiger partial charge in [0, 0.05) is 12.2 Å². The number of carbonyl (C=O) groups is 1. The van der Waals surface area contributed by atoms with Crippen molar-refractivity contribution in [1.82, 2.24) is 0 Å². The molecule has 0 spiro atoms. The van der Waals surface area contributed by atoms with Gasteiger partial charge in [-0.3, -0.25) is 0 Å². The zero-order valence-corrected chi connectivity index (χ0v) is 15.9.